The molecular formula is C16H21N5O2. The lowest BCUT2D eigenvalue weighted by molar-refractivity contribution is -0.0482. The third kappa shape index (κ3) is 3.56. The summed E-state index contributed by atoms with van der Waals surface area (Å²) >= 11 is 0. The summed E-state index contributed by atoms with van der Waals surface area (Å²) in [6.07, 6.45) is 7.13. The Morgan fingerprint density at radius 1 is 1.43 bits per heavy atom. The Kier molecular flexibility index (Phi) is 4.38. The minimum absolute atomic E-state index is 0.134. The van der Waals surface area contributed by atoms with Crippen molar-refractivity contribution in [3.8, 4) is 11.4 Å². The zero-order valence-electron chi connectivity index (χ0n) is 13.6. The van der Waals surface area contributed by atoms with E-state index in [0.717, 1.165) is 18.5 Å². The molecule has 1 aliphatic carbocycles. The summed E-state index contributed by atoms with van der Waals surface area (Å²) in [4.78, 5) is 24.8. The summed E-state index contributed by atoms with van der Waals surface area (Å²) in [5, 5.41) is 2.96. The Bertz CT molecular complexity index is 691. The van der Waals surface area contributed by atoms with Gasteiger partial charge in [0.05, 0.1) is 36.1 Å². The number of nitrogens with one attached hydrogen (secondary N) is 1. The highest BCUT2D eigenvalue weighted by molar-refractivity contribution is 5.91. The molecule has 23 heavy (non-hydrogen) atoms. The molecule has 122 valence electrons. The number of aryl methyl sites for hydroxylation is 1. The molecule has 0 radical (unpaired) electrons. The van der Waals surface area contributed by atoms with Gasteiger partial charge in [-0.3, -0.25) is 4.79 Å². The van der Waals surface area contributed by atoms with Crippen LogP contribution in [0.2, 0.25) is 0 Å². The third-order valence-corrected chi connectivity index (χ3v) is 3.83. The van der Waals surface area contributed by atoms with Gasteiger partial charge in [-0.1, -0.05) is 0 Å². The number of aromatic nitrogens is 4. The van der Waals surface area contributed by atoms with Crippen LogP contribution >= 0.6 is 0 Å². The second kappa shape index (κ2) is 6.45. The Morgan fingerprint density at radius 3 is 2.87 bits per heavy atom. The number of nitrogens with zero attached hydrogens (tertiary/aromatic N) is 4. The second-order valence-electron chi connectivity index (χ2n) is 6.10. The molecule has 2 aromatic heterocycles. The molecule has 0 aliphatic heterocycles. The van der Waals surface area contributed by atoms with Gasteiger partial charge in [0.2, 0.25) is 5.82 Å². The van der Waals surface area contributed by atoms with Crippen LogP contribution in [0.3, 0.4) is 0 Å². The van der Waals surface area contributed by atoms with Crippen molar-refractivity contribution in [3.63, 3.8) is 0 Å². The van der Waals surface area contributed by atoms with Crippen LogP contribution in [0.5, 0.6) is 0 Å². The molecular weight excluding hydrogens is 294 g/mol. The standard InChI is InChI=1S/C16H21N5O2/c1-10(2)23-12-6-11(7-12)19-16(22)15-18-5-4-13(20-15)14-8-17-9-21(14)3/h4-5,8-12H,6-7H2,1-3H3,(H,19,22). The molecule has 0 unspecified atom stereocenters. The summed E-state index contributed by atoms with van der Waals surface area (Å²) in [5.41, 5.74) is 1.52. The van der Waals surface area contributed by atoms with E-state index in [1.165, 1.54) is 0 Å². The maximum atomic E-state index is 12.3. The number of rotatable bonds is 5. The Hall–Kier alpha value is -2.28. The summed E-state index contributed by atoms with van der Waals surface area (Å²) in [6, 6.07) is 1.90. The van der Waals surface area contributed by atoms with E-state index in [1.54, 1.807) is 24.8 Å². The number of ether oxygens (including phenoxy) is 1. The zero-order valence-corrected chi connectivity index (χ0v) is 13.6. The molecule has 7 nitrogen and oxygen atoms in total. The van der Waals surface area contributed by atoms with Gasteiger partial charge in [0.15, 0.2) is 0 Å². The lowest BCUT2D eigenvalue weighted by Gasteiger charge is -2.36. The van der Waals surface area contributed by atoms with Gasteiger partial charge in [0.25, 0.3) is 5.91 Å². The molecule has 0 bridgehead atoms. The predicted molar refractivity (Wildman–Crippen MR) is 84.7 cm³/mol. The molecule has 1 N–H and O–H groups in total. The van der Waals surface area contributed by atoms with Gasteiger partial charge in [-0.05, 0) is 32.8 Å². The highest BCUT2D eigenvalue weighted by Gasteiger charge is 2.32. The number of carbonyl (C=O) groups is 1. The molecule has 0 saturated heterocycles. The maximum absolute atomic E-state index is 12.3. The fourth-order valence-corrected chi connectivity index (χ4v) is 2.64. The van der Waals surface area contributed by atoms with Gasteiger partial charge in [0, 0.05) is 19.3 Å². The summed E-state index contributed by atoms with van der Waals surface area (Å²) in [6.45, 7) is 4.04. The van der Waals surface area contributed by atoms with Gasteiger partial charge in [-0.2, -0.15) is 0 Å². The van der Waals surface area contributed by atoms with Gasteiger partial charge in [-0.15, -0.1) is 0 Å². The number of carbonyl (C=O) groups excluding carboxylic acids is 1. The minimum Gasteiger partial charge on any atom is -0.375 e. The van der Waals surface area contributed by atoms with E-state index >= 15 is 0 Å². The third-order valence-electron chi connectivity index (χ3n) is 3.83. The van der Waals surface area contributed by atoms with Crippen molar-refractivity contribution in [1.82, 2.24) is 24.8 Å². The highest BCUT2D eigenvalue weighted by Crippen LogP contribution is 2.24. The lowest BCUT2D eigenvalue weighted by atomic mass is 9.89. The molecule has 0 atom stereocenters. The molecule has 1 saturated carbocycles. The van der Waals surface area contributed by atoms with E-state index in [4.69, 9.17) is 4.74 Å². The topological polar surface area (TPSA) is 81.9 Å². The van der Waals surface area contributed by atoms with E-state index in [-0.39, 0.29) is 30.0 Å². The van der Waals surface area contributed by atoms with Crippen LogP contribution in [0.4, 0.5) is 0 Å². The molecule has 7 heteroatoms. The Labute approximate surface area is 135 Å². The number of hydrogen-bond donors (Lipinski definition) is 1. The Balaban J connectivity index is 1.62. The van der Waals surface area contributed by atoms with Crippen LogP contribution in [0.15, 0.2) is 24.8 Å². The van der Waals surface area contributed by atoms with Gasteiger partial charge < -0.3 is 14.6 Å². The van der Waals surface area contributed by atoms with Gasteiger partial charge in [0.1, 0.15) is 0 Å². The van der Waals surface area contributed by atoms with Crippen molar-refractivity contribution < 1.29 is 9.53 Å². The molecule has 2 heterocycles. The highest BCUT2D eigenvalue weighted by atomic mass is 16.5. The van der Waals surface area contributed by atoms with Crippen LogP contribution in [-0.4, -0.2) is 43.7 Å². The first-order valence-corrected chi connectivity index (χ1v) is 7.79. The van der Waals surface area contributed by atoms with E-state index in [1.807, 2.05) is 25.5 Å². The largest absolute Gasteiger partial charge is 0.375 e. The van der Waals surface area contributed by atoms with Crippen LogP contribution in [0.1, 0.15) is 37.3 Å². The minimum atomic E-state index is -0.248. The first-order valence-electron chi connectivity index (χ1n) is 7.79. The molecule has 1 fully saturated rings. The van der Waals surface area contributed by atoms with Crippen molar-refractivity contribution in [2.45, 2.75) is 44.9 Å². The normalized spacial score (nSPS) is 20.3. The van der Waals surface area contributed by atoms with Gasteiger partial charge >= 0.3 is 0 Å². The van der Waals surface area contributed by atoms with Crippen molar-refractivity contribution >= 4 is 5.91 Å². The van der Waals surface area contributed by atoms with Gasteiger partial charge in [-0.25, -0.2) is 15.0 Å². The van der Waals surface area contributed by atoms with Crippen LogP contribution in [0.25, 0.3) is 11.4 Å². The van der Waals surface area contributed by atoms with Crippen molar-refractivity contribution in [1.29, 1.82) is 0 Å². The average molecular weight is 315 g/mol. The molecule has 1 amide bonds. The first-order chi connectivity index (χ1) is 11.0. The van der Waals surface area contributed by atoms with Crippen LogP contribution < -0.4 is 5.32 Å². The smallest absolute Gasteiger partial charge is 0.289 e. The fraction of sp³-hybridized carbons (Fsp3) is 0.500. The SMILES string of the molecule is CC(C)OC1CC(NC(=O)c2nccc(-c3cncn3C)n2)C1. The number of imidazole rings is 1. The van der Waals surface area contributed by atoms with Crippen LogP contribution in [-0.2, 0) is 11.8 Å². The summed E-state index contributed by atoms with van der Waals surface area (Å²) in [7, 11) is 1.88. The van der Waals surface area contributed by atoms with Crippen molar-refractivity contribution in [2.75, 3.05) is 0 Å². The predicted octanol–water partition coefficient (Wildman–Crippen LogP) is 1.56. The summed E-state index contributed by atoms with van der Waals surface area (Å²) in [5.74, 6) is -0.0704. The first kappa shape index (κ1) is 15.6. The average Bonchev–Trinajstić information content (AvgIpc) is 2.91. The van der Waals surface area contributed by atoms with E-state index in [0.29, 0.717) is 5.69 Å². The quantitative estimate of drug-likeness (QED) is 0.905. The van der Waals surface area contributed by atoms with E-state index in [9.17, 15) is 4.79 Å². The molecule has 0 aromatic carbocycles. The monoisotopic (exact) mass is 315 g/mol. The van der Waals surface area contributed by atoms with Crippen molar-refractivity contribution in [3.05, 3.63) is 30.6 Å². The van der Waals surface area contributed by atoms with Crippen molar-refractivity contribution in [2.24, 2.45) is 7.05 Å². The zero-order chi connectivity index (χ0) is 16.4. The van der Waals surface area contributed by atoms with Crippen LogP contribution in [0, 0.1) is 0 Å². The Morgan fingerprint density at radius 2 is 2.22 bits per heavy atom. The van der Waals surface area contributed by atoms with E-state index in [2.05, 4.69) is 20.3 Å². The van der Waals surface area contributed by atoms with E-state index < -0.39 is 0 Å². The molecule has 0 spiro atoms. The number of amides is 1. The maximum Gasteiger partial charge on any atom is 0.289 e. The number of hydrogen-bond acceptors (Lipinski definition) is 5. The summed E-state index contributed by atoms with van der Waals surface area (Å²) < 4.78 is 7.54. The fourth-order valence-electron chi connectivity index (χ4n) is 2.64. The molecule has 1 aliphatic rings. The lowest BCUT2D eigenvalue weighted by Crippen LogP contribution is -2.48. The second-order valence-corrected chi connectivity index (χ2v) is 6.10. The molecule has 3 rings (SSSR count). The molecule has 2 aromatic rings.